The van der Waals surface area contributed by atoms with Gasteiger partial charge in [0.1, 0.15) is 11.5 Å². The van der Waals surface area contributed by atoms with E-state index in [2.05, 4.69) is 25.2 Å². The van der Waals surface area contributed by atoms with Crippen LogP contribution in [-0.2, 0) is 0 Å². The Morgan fingerprint density at radius 3 is 2.68 bits per heavy atom. The number of hydrogen-bond donors (Lipinski definition) is 1. The minimum atomic E-state index is -0.515. The number of rotatable bonds is 3. The molecule has 0 saturated heterocycles. The molecule has 2 unspecified atom stereocenters. The molecule has 1 N–H and O–H groups in total. The van der Waals surface area contributed by atoms with Gasteiger partial charge in [-0.3, -0.25) is 0 Å². The quantitative estimate of drug-likeness (QED) is 0.783. The highest BCUT2D eigenvalue weighted by Gasteiger charge is 2.19. The fourth-order valence-electron chi connectivity index (χ4n) is 2.91. The number of allylic oxidation sites excluding steroid dienone is 2. The van der Waals surface area contributed by atoms with E-state index in [1.807, 2.05) is 0 Å². The average Bonchev–Trinajstić information content (AvgIpc) is 2.33. The van der Waals surface area contributed by atoms with Crippen LogP contribution in [0.1, 0.15) is 32.3 Å². The normalized spacial score (nSPS) is 23.1. The summed E-state index contributed by atoms with van der Waals surface area (Å²) >= 11 is 0. The van der Waals surface area contributed by atoms with E-state index in [0.29, 0.717) is 23.9 Å². The summed E-state index contributed by atoms with van der Waals surface area (Å²) in [5, 5.41) is 2.96. The second-order valence-electron chi connectivity index (χ2n) is 5.73. The summed E-state index contributed by atoms with van der Waals surface area (Å²) in [6.45, 7) is 6.57. The second-order valence-corrected chi connectivity index (χ2v) is 5.73. The first-order valence-electron chi connectivity index (χ1n) is 6.83. The van der Waals surface area contributed by atoms with Crippen molar-refractivity contribution in [3.05, 3.63) is 41.0 Å². The predicted octanol–water partition coefficient (Wildman–Crippen LogP) is 4.68. The van der Waals surface area contributed by atoms with Gasteiger partial charge in [0.25, 0.3) is 0 Å². The molecule has 1 nitrogen and oxygen atoms in total. The van der Waals surface area contributed by atoms with Gasteiger partial charge in [-0.15, -0.1) is 0 Å². The first-order valence-corrected chi connectivity index (χ1v) is 6.83. The van der Waals surface area contributed by atoms with Crippen LogP contribution < -0.4 is 5.32 Å². The van der Waals surface area contributed by atoms with Gasteiger partial charge in [0.2, 0.25) is 0 Å². The van der Waals surface area contributed by atoms with Crippen LogP contribution in [0.4, 0.5) is 14.5 Å². The summed E-state index contributed by atoms with van der Waals surface area (Å²) in [7, 11) is 0. The van der Waals surface area contributed by atoms with Crippen molar-refractivity contribution in [3.63, 3.8) is 0 Å². The summed E-state index contributed by atoms with van der Waals surface area (Å²) in [6, 6.07) is 2.78. The van der Waals surface area contributed by atoms with Gasteiger partial charge >= 0.3 is 0 Å². The Morgan fingerprint density at radius 2 is 2.00 bits per heavy atom. The summed E-state index contributed by atoms with van der Waals surface area (Å²) in [5.41, 5.74) is 1.85. The Kier molecular flexibility index (Phi) is 4.23. The largest absolute Gasteiger partial charge is 0.380 e. The van der Waals surface area contributed by atoms with E-state index in [4.69, 9.17) is 0 Å². The number of hydrogen-bond acceptors (Lipinski definition) is 1. The van der Waals surface area contributed by atoms with Crippen LogP contribution in [0, 0.1) is 30.4 Å². The number of aryl methyl sites for hydroxylation is 1. The van der Waals surface area contributed by atoms with E-state index < -0.39 is 11.6 Å². The first-order chi connectivity index (χ1) is 8.97. The number of benzene rings is 1. The van der Waals surface area contributed by atoms with E-state index in [1.165, 1.54) is 17.7 Å². The Hall–Kier alpha value is -1.38. The summed E-state index contributed by atoms with van der Waals surface area (Å²) < 4.78 is 27.5. The third-order valence-corrected chi connectivity index (χ3v) is 3.74. The number of anilines is 1. The topological polar surface area (TPSA) is 12.0 Å². The van der Waals surface area contributed by atoms with Crippen LogP contribution in [-0.4, -0.2) is 6.54 Å². The molecule has 0 amide bonds. The molecule has 0 spiro atoms. The zero-order chi connectivity index (χ0) is 14.0. The van der Waals surface area contributed by atoms with E-state index in [9.17, 15) is 8.78 Å². The minimum absolute atomic E-state index is 0.0138. The van der Waals surface area contributed by atoms with Crippen molar-refractivity contribution in [1.82, 2.24) is 0 Å². The summed E-state index contributed by atoms with van der Waals surface area (Å²) in [4.78, 5) is 0. The van der Waals surface area contributed by atoms with Crippen molar-refractivity contribution in [1.29, 1.82) is 0 Å². The lowest BCUT2D eigenvalue weighted by molar-refractivity contribution is 0.419. The molecule has 0 saturated carbocycles. The lowest BCUT2D eigenvalue weighted by atomic mass is 9.83. The van der Waals surface area contributed by atoms with Crippen molar-refractivity contribution in [2.24, 2.45) is 11.8 Å². The van der Waals surface area contributed by atoms with Crippen molar-refractivity contribution < 1.29 is 8.78 Å². The molecule has 2 rings (SSSR count). The molecule has 0 heterocycles. The van der Waals surface area contributed by atoms with E-state index in [1.54, 1.807) is 6.92 Å². The van der Waals surface area contributed by atoms with Crippen LogP contribution in [0.15, 0.2) is 23.8 Å². The van der Waals surface area contributed by atoms with Gasteiger partial charge in [-0.05, 0) is 50.2 Å². The SMILES string of the molecule is CC1=CC(C)CC(CNc2c(F)ccc(C)c2F)C1. The Labute approximate surface area is 113 Å². The molecular formula is C16H21F2N. The van der Waals surface area contributed by atoms with Gasteiger partial charge in [0.15, 0.2) is 5.82 Å². The fraction of sp³-hybridized carbons (Fsp3) is 0.500. The van der Waals surface area contributed by atoms with Crippen LogP contribution in [0.2, 0.25) is 0 Å². The first kappa shape index (κ1) is 14.0. The number of halogens is 2. The average molecular weight is 265 g/mol. The molecule has 0 aromatic heterocycles. The molecule has 1 aliphatic carbocycles. The maximum Gasteiger partial charge on any atom is 0.152 e. The van der Waals surface area contributed by atoms with Gasteiger partial charge in [-0.25, -0.2) is 8.78 Å². The van der Waals surface area contributed by atoms with Crippen molar-refractivity contribution >= 4 is 5.69 Å². The second kappa shape index (κ2) is 5.72. The van der Waals surface area contributed by atoms with E-state index in [0.717, 1.165) is 12.8 Å². The molecule has 0 aliphatic heterocycles. The van der Waals surface area contributed by atoms with Gasteiger partial charge in [0.05, 0.1) is 0 Å². The van der Waals surface area contributed by atoms with Crippen LogP contribution in [0.25, 0.3) is 0 Å². The van der Waals surface area contributed by atoms with E-state index in [-0.39, 0.29) is 5.69 Å². The summed E-state index contributed by atoms with van der Waals surface area (Å²) in [6.07, 6.45) is 4.36. The fourth-order valence-corrected chi connectivity index (χ4v) is 2.91. The van der Waals surface area contributed by atoms with Crippen LogP contribution >= 0.6 is 0 Å². The van der Waals surface area contributed by atoms with Gasteiger partial charge in [0, 0.05) is 6.54 Å². The third-order valence-electron chi connectivity index (χ3n) is 3.74. The molecular weight excluding hydrogens is 244 g/mol. The maximum atomic E-state index is 13.9. The molecule has 1 aromatic carbocycles. The predicted molar refractivity (Wildman–Crippen MR) is 75.2 cm³/mol. The summed E-state index contributed by atoms with van der Waals surface area (Å²) in [5.74, 6) is 0.00223. The maximum absolute atomic E-state index is 13.9. The van der Waals surface area contributed by atoms with E-state index >= 15 is 0 Å². The highest BCUT2D eigenvalue weighted by molar-refractivity contribution is 5.49. The zero-order valence-corrected chi connectivity index (χ0v) is 11.8. The minimum Gasteiger partial charge on any atom is -0.380 e. The Bertz CT molecular complexity index is 494. The molecule has 0 fully saturated rings. The standard InChI is InChI=1S/C16H21F2N/c1-10-6-11(2)8-13(7-10)9-19-16-14(17)5-4-12(3)15(16)18/h4-6,10,13,19H,7-9H2,1-3H3. The van der Waals surface area contributed by atoms with Gasteiger partial charge < -0.3 is 5.32 Å². The Morgan fingerprint density at radius 1 is 1.26 bits per heavy atom. The molecule has 19 heavy (non-hydrogen) atoms. The molecule has 0 radical (unpaired) electrons. The highest BCUT2D eigenvalue weighted by Crippen LogP contribution is 2.29. The highest BCUT2D eigenvalue weighted by atomic mass is 19.1. The van der Waals surface area contributed by atoms with Crippen LogP contribution in [0.5, 0.6) is 0 Å². The van der Waals surface area contributed by atoms with Crippen LogP contribution in [0.3, 0.4) is 0 Å². The molecule has 104 valence electrons. The Balaban J connectivity index is 2.04. The number of nitrogens with one attached hydrogen (secondary N) is 1. The lowest BCUT2D eigenvalue weighted by Gasteiger charge is -2.26. The lowest BCUT2D eigenvalue weighted by Crippen LogP contribution is -2.21. The van der Waals surface area contributed by atoms with Gasteiger partial charge in [-0.1, -0.05) is 24.6 Å². The van der Waals surface area contributed by atoms with Crippen molar-refractivity contribution in [3.8, 4) is 0 Å². The molecule has 0 bridgehead atoms. The third kappa shape index (κ3) is 3.34. The zero-order valence-electron chi connectivity index (χ0n) is 11.8. The molecule has 2 atom stereocenters. The smallest absolute Gasteiger partial charge is 0.152 e. The monoisotopic (exact) mass is 265 g/mol. The molecule has 3 heteroatoms. The van der Waals surface area contributed by atoms with Crippen molar-refractivity contribution in [2.45, 2.75) is 33.6 Å². The van der Waals surface area contributed by atoms with Gasteiger partial charge in [-0.2, -0.15) is 0 Å². The molecule has 1 aromatic rings. The van der Waals surface area contributed by atoms with Crippen molar-refractivity contribution in [2.75, 3.05) is 11.9 Å². The molecule has 1 aliphatic rings.